The fourth-order valence-corrected chi connectivity index (χ4v) is 1.98. The van der Waals surface area contributed by atoms with Gasteiger partial charge in [-0.2, -0.15) is 0 Å². The minimum atomic E-state index is -1.16. The summed E-state index contributed by atoms with van der Waals surface area (Å²) in [5, 5.41) is 11.5. The summed E-state index contributed by atoms with van der Waals surface area (Å²) in [4.78, 5) is 33.9. The van der Waals surface area contributed by atoms with Gasteiger partial charge in [-0.3, -0.25) is 9.59 Å². The van der Waals surface area contributed by atoms with Crippen LogP contribution in [0.2, 0.25) is 0 Å². The second kappa shape index (κ2) is 7.08. The van der Waals surface area contributed by atoms with E-state index in [4.69, 9.17) is 9.84 Å². The molecule has 0 saturated carbocycles. The van der Waals surface area contributed by atoms with Crippen molar-refractivity contribution >= 4 is 17.8 Å². The summed E-state index contributed by atoms with van der Waals surface area (Å²) in [6.07, 6.45) is 0.325. The van der Waals surface area contributed by atoms with Crippen LogP contribution in [0.1, 0.15) is 26.2 Å². The Bertz CT molecular complexity index is 356. The van der Waals surface area contributed by atoms with Crippen molar-refractivity contribution in [3.63, 3.8) is 0 Å². The smallest absolute Gasteiger partial charge is 0.326 e. The van der Waals surface area contributed by atoms with E-state index >= 15 is 0 Å². The highest BCUT2D eigenvalue weighted by molar-refractivity contribution is 5.85. The number of carboxylic acids is 1. The lowest BCUT2D eigenvalue weighted by Gasteiger charge is -2.18. The highest BCUT2D eigenvalue weighted by Gasteiger charge is 2.33. The lowest BCUT2D eigenvalue weighted by Crippen LogP contribution is -2.45. The average molecular weight is 273 g/mol. The Morgan fingerprint density at radius 3 is 2.63 bits per heavy atom. The van der Waals surface area contributed by atoms with Crippen LogP contribution < -0.4 is 5.32 Å². The standard InChI is InChI=1S/C12H19NO6/c1-7-8(5-6-19-7)11(15)13-9(12(16)17)3-4-10(14)18-2/h7-9H,3-6H2,1-2H3,(H,13,15)(H,16,17)/t7?,8?,9-/m1/s1. The third-order valence-corrected chi connectivity index (χ3v) is 3.19. The minimum absolute atomic E-state index is 0.00963. The van der Waals surface area contributed by atoms with Gasteiger partial charge in [0.1, 0.15) is 6.04 Å². The normalized spacial score (nSPS) is 23.7. The maximum Gasteiger partial charge on any atom is 0.326 e. The van der Waals surface area contributed by atoms with Crippen molar-refractivity contribution in [2.75, 3.05) is 13.7 Å². The van der Waals surface area contributed by atoms with Gasteiger partial charge in [0, 0.05) is 13.0 Å². The Morgan fingerprint density at radius 1 is 1.47 bits per heavy atom. The largest absolute Gasteiger partial charge is 0.480 e. The first-order chi connectivity index (χ1) is 8.95. The van der Waals surface area contributed by atoms with Crippen LogP contribution in [0.5, 0.6) is 0 Å². The topological polar surface area (TPSA) is 102 Å². The van der Waals surface area contributed by atoms with Gasteiger partial charge in [-0.05, 0) is 19.8 Å². The van der Waals surface area contributed by atoms with Crippen LogP contribution in [-0.2, 0) is 23.9 Å². The Hall–Kier alpha value is -1.63. The number of nitrogens with one attached hydrogen (secondary N) is 1. The van der Waals surface area contributed by atoms with Crippen molar-refractivity contribution in [2.45, 2.75) is 38.3 Å². The fourth-order valence-electron chi connectivity index (χ4n) is 1.98. The highest BCUT2D eigenvalue weighted by Crippen LogP contribution is 2.20. The third kappa shape index (κ3) is 4.51. The number of hydrogen-bond acceptors (Lipinski definition) is 5. The van der Waals surface area contributed by atoms with Crippen molar-refractivity contribution in [2.24, 2.45) is 5.92 Å². The van der Waals surface area contributed by atoms with Crippen LogP contribution in [-0.4, -0.2) is 48.8 Å². The van der Waals surface area contributed by atoms with E-state index in [1.807, 2.05) is 0 Å². The molecule has 0 aliphatic carbocycles. The Labute approximate surface area is 111 Å². The summed E-state index contributed by atoms with van der Waals surface area (Å²) < 4.78 is 9.70. The molecule has 2 N–H and O–H groups in total. The van der Waals surface area contributed by atoms with E-state index in [9.17, 15) is 14.4 Å². The quantitative estimate of drug-likeness (QED) is 0.657. The first-order valence-corrected chi connectivity index (χ1v) is 6.17. The van der Waals surface area contributed by atoms with Crippen LogP contribution in [0, 0.1) is 5.92 Å². The van der Waals surface area contributed by atoms with Crippen molar-refractivity contribution in [3.8, 4) is 0 Å². The maximum absolute atomic E-state index is 11.9. The molecule has 7 heteroatoms. The molecular formula is C12H19NO6. The van der Waals surface area contributed by atoms with Crippen LogP contribution in [0.4, 0.5) is 0 Å². The van der Waals surface area contributed by atoms with Gasteiger partial charge in [-0.25, -0.2) is 4.79 Å². The fraction of sp³-hybridized carbons (Fsp3) is 0.750. The number of aliphatic carboxylic acids is 1. The van der Waals surface area contributed by atoms with E-state index in [-0.39, 0.29) is 30.8 Å². The van der Waals surface area contributed by atoms with Gasteiger partial charge in [0.2, 0.25) is 5.91 Å². The van der Waals surface area contributed by atoms with Crippen LogP contribution in [0.25, 0.3) is 0 Å². The number of carbonyl (C=O) groups excluding carboxylic acids is 2. The van der Waals surface area contributed by atoms with E-state index in [1.54, 1.807) is 6.92 Å². The van der Waals surface area contributed by atoms with Gasteiger partial charge in [-0.15, -0.1) is 0 Å². The van der Waals surface area contributed by atoms with Crippen molar-refractivity contribution in [1.82, 2.24) is 5.32 Å². The summed E-state index contributed by atoms with van der Waals surface area (Å²) >= 11 is 0. The lowest BCUT2D eigenvalue weighted by atomic mass is 10.0. The molecule has 0 radical (unpaired) electrons. The summed E-state index contributed by atoms with van der Waals surface area (Å²) in [6.45, 7) is 2.28. The number of methoxy groups -OCH3 is 1. The third-order valence-electron chi connectivity index (χ3n) is 3.19. The van der Waals surface area contributed by atoms with Gasteiger partial charge in [0.25, 0.3) is 0 Å². The molecule has 1 aliphatic heterocycles. The number of amides is 1. The second-order valence-corrected chi connectivity index (χ2v) is 4.49. The number of ether oxygens (including phenoxy) is 2. The number of carboxylic acid groups (broad SMARTS) is 1. The van der Waals surface area contributed by atoms with E-state index in [1.165, 1.54) is 7.11 Å². The summed E-state index contributed by atoms with van der Waals surface area (Å²) in [6, 6.07) is -1.08. The zero-order valence-corrected chi connectivity index (χ0v) is 11.0. The first-order valence-electron chi connectivity index (χ1n) is 6.17. The molecule has 0 aromatic rings. The Balaban J connectivity index is 2.51. The summed E-state index contributed by atoms with van der Waals surface area (Å²) in [7, 11) is 1.23. The molecule has 1 rings (SSSR count). The molecule has 0 bridgehead atoms. The SMILES string of the molecule is COC(=O)CC[C@@H](NC(=O)C1CCOC1C)C(=O)O. The molecule has 108 valence electrons. The second-order valence-electron chi connectivity index (χ2n) is 4.49. The molecule has 0 spiro atoms. The number of rotatable bonds is 6. The van der Waals surface area contributed by atoms with Gasteiger partial charge in [0.15, 0.2) is 0 Å². The predicted octanol–water partition coefficient (Wildman–Crippen LogP) is -0.0660. The zero-order chi connectivity index (χ0) is 14.4. The van der Waals surface area contributed by atoms with Crippen molar-refractivity contribution < 1.29 is 29.0 Å². The molecule has 0 aromatic heterocycles. The number of hydrogen-bond donors (Lipinski definition) is 2. The first kappa shape index (κ1) is 15.4. The van der Waals surface area contributed by atoms with Crippen LogP contribution in [0.15, 0.2) is 0 Å². The molecule has 1 heterocycles. The van der Waals surface area contributed by atoms with Crippen molar-refractivity contribution in [3.05, 3.63) is 0 Å². The molecule has 1 amide bonds. The average Bonchev–Trinajstić information content (AvgIpc) is 2.79. The predicted molar refractivity (Wildman–Crippen MR) is 64.3 cm³/mol. The summed E-state index contributed by atoms with van der Waals surface area (Å²) in [5.41, 5.74) is 0. The number of esters is 1. The molecular weight excluding hydrogens is 254 g/mol. The number of carbonyl (C=O) groups is 3. The lowest BCUT2D eigenvalue weighted by molar-refractivity contribution is -0.144. The van der Waals surface area contributed by atoms with E-state index in [0.29, 0.717) is 13.0 Å². The highest BCUT2D eigenvalue weighted by atomic mass is 16.5. The maximum atomic E-state index is 11.9. The molecule has 1 saturated heterocycles. The molecule has 7 nitrogen and oxygen atoms in total. The van der Waals surface area contributed by atoms with E-state index in [0.717, 1.165) is 0 Å². The molecule has 1 fully saturated rings. The monoisotopic (exact) mass is 273 g/mol. The zero-order valence-electron chi connectivity index (χ0n) is 11.0. The minimum Gasteiger partial charge on any atom is -0.480 e. The molecule has 2 unspecified atom stereocenters. The van der Waals surface area contributed by atoms with Gasteiger partial charge < -0.3 is 19.9 Å². The summed E-state index contributed by atoms with van der Waals surface area (Å²) in [5.74, 6) is -2.34. The van der Waals surface area contributed by atoms with E-state index in [2.05, 4.69) is 10.1 Å². The Morgan fingerprint density at radius 2 is 2.16 bits per heavy atom. The molecule has 0 aromatic carbocycles. The van der Waals surface area contributed by atoms with Crippen molar-refractivity contribution in [1.29, 1.82) is 0 Å². The van der Waals surface area contributed by atoms with Crippen LogP contribution in [0.3, 0.4) is 0 Å². The van der Waals surface area contributed by atoms with Gasteiger partial charge in [-0.1, -0.05) is 0 Å². The van der Waals surface area contributed by atoms with E-state index < -0.39 is 18.0 Å². The molecule has 3 atom stereocenters. The van der Waals surface area contributed by atoms with Gasteiger partial charge >= 0.3 is 11.9 Å². The van der Waals surface area contributed by atoms with Gasteiger partial charge in [0.05, 0.1) is 19.1 Å². The van der Waals surface area contributed by atoms with Crippen LogP contribution >= 0.6 is 0 Å². The molecule has 1 aliphatic rings. The Kier molecular flexibility index (Phi) is 5.75. The molecule has 19 heavy (non-hydrogen) atoms.